The first-order valence-electron chi connectivity index (χ1n) is 8.17. The maximum Gasteiger partial charge on any atom is 0.311 e. The molecule has 5 nitrogen and oxygen atoms in total. The number of para-hydroxylation sites is 1. The Labute approximate surface area is 148 Å². The number of nitrogens with zero attached hydrogens (tertiary/aromatic N) is 1. The molecule has 2 atom stereocenters. The highest BCUT2D eigenvalue weighted by Crippen LogP contribution is 2.41. The van der Waals surface area contributed by atoms with Gasteiger partial charge in [0.05, 0.1) is 16.5 Å². The molecule has 2 unspecified atom stereocenters. The van der Waals surface area contributed by atoms with Crippen molar-refractivity contribution in [2.24, 2.45) is 0 Å². The van der Waals surface area contributed by atoms with Crippen LogP contribution in [0.5, 0.6) is 0 Å². The number of fused-ring (bicyclic) bond motifs is 1. The largest absolute Gasteiger partial charge is 0.481 e. The predicted molar refractivity (Wildman–Crippen MR) is 96.5 cm³/mol. The number of hydrogen-bond acceptors (Lipinski definition) is 3. The number of carbonyl (C=O) groups is 1. The van der Waals surface area contributed by atoms with E-state index in [4.69, 9.17) is 0 Å². The summed E-state index contributed by atoms with van der Waals surface area (Å²) in [6, 6.07) is 11.8. The number of aliphatic carboxylic acids is 1. The Balaban J connectivity index is 2.20. The predicted octanol–water partition coefficient (Wildman–Crippen LogP) is 3.46. The summed E-state index contributed by atoms with van der Waals surface area (Å²) in [5.41, 5.74) is 2.54. The molecule has 0 fully saturated rings. The zero-order valence-corrected chi connectivity index (χ0v) is 15.2. The van der Waals surface area contributed by atoms with Gasteiger partial charge in [-0.05, 0) is 56.0 Å². The topological polar surface area (TPSA) is 74.7 Å². The fourth-order valence-corrected chi connectivity index (χ4v) is 5.48. The molecule has 0 aromatic heterocycles. The molecule has 1 aliphatic rings. The van der Waals surface area contributed by atoms with Gasteiger partial charge in [0.15, 0.2) is 0 Å². The minimum atomic E-state index is -3.79. The van der Waals surface area contributed by atoms with Crippen molar-refractivity contribution >= 4 is 21.7 Å². The third-order valence-electron chi connectivity index (χ3n) is 4.71. The van der Waals surface area contributed by atoms with E-state index in [9.17, 15) is 18.3 Å². The maximum absolute atomic E-state index is 13.4. The first-order chi connectivity index (χ1) is 11.7. The van der Waals surface area contributed by atoms with Gasteiger partial charge in [-0.3, -0.25) is 9.10 Å². The van der Waals surface area contributed by atoms with Crippen LogP contribution >= 0.6 is 0 Å². The molecule has 0 radical (unpaired) electrons. The van der Waals surface area contributed by atoms with Crippen LogP contribution in [0.4, 0.5) is 5.69 Å². The van der Waals surface area contributed by atoms with Crippen LogP contribution in [0.1, 0.15) is 36.0 Å². The molecular weight excluding hydrogens is 338 g/mol. The van der Waals surface area contributed by atoms with Crippen LogP contribution in [0.2, 0.25) is 0 Å². The van der Waals surface area contributed by atoms with E-state index in [0.717, 1.165) is 5.56 Å². The number of carboxylic acids is 1. The van der Waals surface area contributed by atoms with E-state index < -0.39 is 28.0 Å². The molecule has 2 aromatic rings. The van der Waals surface area contributed by atoms with Gasteiger partial charge in [0.1, 0.15) is 0 Å². The number of carboxylic acid groups (broad SMARTS) is 1. The number of sulfonamides is 1. The standard InChI is InChI=1S/C19H21NO4S/c1-12-8-9-13(2)18(10-12)25(23,24)20-14(3)11-16(19(21)22)15-6-4-5-7-17(15)20/h4-10,14,16H,11H2,1-3H3,(H,21,22). The first kappa shape index (κ1) is 17.5. The van der Waals surface area contributed by atoms with Crippen LogP contribution in [0.15, 0.2) is 47.4 Å². The number of hydrogen-bond donors (Lipinski definition) is 1. The SMILES string of the molecule is Cc1ccc(C)c(S(=O)(=O)N2c3ccccc3C(C(=O)O)CC2C)c1. The molecule has 132 valence electrons. The zero-order chi connectivity index (χ0) is 18.4. The van der Waals surface area contributed by atoms with Crippen molar-refractivity contribution in [1.29, 1.82) is 0 Å². The molecule has 6 heteroatoms. The van der Waals surface area contributed by atoms with Gasteiger partial charge in [0.25, 0.3) is 10.0 Å². The fraction of sp³-hybridized carbons (Fsp3) is 0.316. The first-order valence-corrected chi connectivity index (χ1v) is 9.61. The van der Waals surface area contributed by atoms with Crippen molar-refractivity contribution < 1.29 is 18.3 Å². The van der Waals surface area contributed by atoms with Gasteiger partial charge in [-0.15, -0.1) is 0 Å². The lowest BCUT2D eigenvalue weighted by atomic mass is 9.87. The molecule has 1 N–H and O–H groups in total. The van der Waals surface area contributed by atoms with Crippen LogP contribution < -0.4 is 4.31 Å². The summed E-state index contributed by atoms with van der Waals surface area (Å²) in [6.07, 6.45) is 0.246. The van der Waals surface area contributed by atoms with E-state index in [1.807, 2.05) is 13.0 Å². The van der Waals surface area contributed by atoms with Crippen molar-refractivity contribution in [3.8, 4) is 0 Å². The molecule has 2 aromatic carbocycles. The van der Waals surface area contributed by atoms with Crippen molar-refractivity contribution in [1.82, 2.24) is 0 Å². The number of rotatable bonds is 3. The third-order valence-corrected chi connectivity index (χ3v) is 6.78. The smallest absolute Gasteiger partial charge is 0.311 e. The quantitative estimate of drug-likeness (QED) is 0.911. The molecule has 25 heavy (non-hydrogen) atoms. The molecule has 3 rings (SSSR count). The van der Waals surface area contributed by atoms with E-state index in [0.29, 0.717) is 16.8 Å². The summed E-state index contributed by atoms with van der Waals surface area (Å²) in [5, 5.41) is 9.52. The average Bonchev–Trinajstić information content (AvgIpc) is 2.55. The summed E-state index contributed by atoms with van der Waals surface area (Å²) in [6.45, 7) is 5.38. The van der Waals surface area contributed by atoms with E-state index in [-0.39, 0.29) is 11.3 Å². The minimum absolute atomic E-state index is 0.246. The summed E-state index contributed by atoms with van der Waals surface area (Å²) < 4.78 is 28.2. The lowest BCUT2D eigenvalue weighted by Crippen LogP contribution is -2.44. The van der Waals surface area contributed by atoms with Gasteiger partial charge in [0.2, 0.25) is 0 Å². The zero-order valence-electron chi connectivity index (χ0n) is 14.4. The van der Waals surface area contributed by atoms with E-state index in [1.165, 1.54) is 4.31 Å². The van der Waals surface area contributed by atoms with Gasteiger partial charge in [-0.1, -0.05) is 30.3 Å². The second-order valence-corrected chi connectivity index (χ2v) is 8.39. The van der Waals surface area contributed by atoms with Gasteiger partial charge >= 0.3 is 5.97 Å². The Kier molecular flexibility index (Phi) is 4.33. The van der Waals surface area contributed by atoms with Crippen LogP contribution in [0, 0.1) is 13.8 Å². The molecule has 0 saturated heterocycles. The third kappa shape index (κ3) is 2.91. The van der Waals surface area contributed by atoms with Crippen molar-refractivity contribution in [3.05, 3.63) is 59.2 Å². The molecule has 0 spiro atoms. The summed E-state index contributed by atoms with van der Waals surface area (Å²) in [4.78, 5) is 11.9. The lowest BCUT2D eigenvalue weighted by molar-refractivity contribution is -0.139. The normalized spacial score (nSPS) is 20.2. The van der Waals surface area contributed by atoms with E-state index >= 15 is 0 Å². The Hall–Kier alpha value is -2.34. The van der Waals surface area contributed by atoms with Gasteiger partial charge in [-0.2, -0.15) is 0 Å². The lowest BCUT2D eigenvalue weighted by Gasteiger charge is -2.38. The molecule has 1 aliphatic heterocycles. The van der Waals surface area contributed by atoms with Gasteiger partial charge in [-0.25, -0.2) is 8.42 Å². The molecule has 0 aliphatic carbocycles. The molecule has 0 saturated carbocycles. The highest BCUT2D eigenvalue weighted by Gasteiger charge is 2.40. The Morgan fingerprint density at radius 2 is 1.84 bits per heavy atom. The van der Waals surface area contributed by atoms with Gasteiger partial charge < -0.3 is 5.11 Å². The summed E-state index contributed by atoms with van der Waals surface area (Å²) in [5.74, 6) is -1.63. The number of benzene rings is 2. The number of aryl methyl sites for hydroxylation is 2. The van der Waals surface area contributed by atoms with Crippen LogP contribution in [-0.2, 0) is 14.8 Å². The molecule has 1 heterocycles. The van der Waals surface area contributed by atoms with E-state index in [1.54, 1.807) is 50.2 Å². The van der Waals surface area contributed by atoms with Crippen molar-refractivity contribution in [2.75, 3.05) is 4.31 Å². The second-order valence-electron chi connectivity index (χ2n) is 6.60. The Morgan fingerprint density at radius 3 is 2.52 bits per heavy atom. The Bertz CT molecular complexity index is 936. The van der Waals surface area contributed by atoms with Crippen LogP contribution in [0.3, 0.4) is 0 Å². The summed E-state index contributed by atoms with van der Waals surface area (Å²) in [7, 11) is -3.79. The minimum Gasteiger partial charge on any atom is -0.481 e. The second kappa shape index (κ2) is 6.19. The number of anilines is 1. The van der Waals surface area contributed by atoms with Crippen molar-refractivity contribution in [3.63, 3.8) is 0 Å². The Morgan fingerprint density at radius 1 is 1.16 bits per heavy atom. The highest BCUT2D eigenvalue weighted by molar-refractivity contribution is 7.93. The summed E-state index contributed by atoms with van der Waals surface area (Å²) >= 11 is 0. The molecule has 0 bridgehead atoms. The highest BCUT2D eigenvalue weighted by atomic mass is 32.2. The maximum atomic E-state index is 13.4. The van der Waals surface area contributed by atoms with E-state index in [2.05, 4.69) is 0 Å². The molecular formula is C19H21NO4S. The van der Waals surface area contributed by atoms with Gasteiger partial charge in [0, 0.05) is 6.04 Å². The van der Waals surface area contributed by atoms with Crippen LogP contribution in [-0.4, -0.2) is 25.5 Å². The monoisotopic (exact) mass is 359 g/mol. The van der Waals surface area contributed by atoms with Crippen LogP contribution in [0.25, 0.3) is 0 Å². The molecule has 0 amide bonds. The van der Waals surface area contributed by atoms with Crippen molar-refractivity contribution in [2.45, 2.75) is 44.0 Å². The average molecular weight is 359 g/mol. The fourth-order valence-electron chi connectivity index (χ4n) is 3.48.